The first kappa shape index (κ1) is 37.0. The number of ether oxygens (including phenoxy) is 2. The molecule has 0 aliphatic heterocycles. The molecule has 0 aromatic carbocycles. The summed E-state index contributed by atoms with van der Waals surface area (Å²) in [6.07, 6.45) is 35.2. The minimum atomic E-state index is 0.229. The molecular weight excluding hydrogens is 472 g/mol. The SMILES string of the molecule is CCCCC/C=C/SCC(COCCCCCCCCCCCC)OCCCCCCCCCCCC. The number of unbranched alkanes of at least 4 members (excludes halogenated alkanes) is 21. The van der Waals surface area contributed by atoms with Gasteiger partial charge in [0.1, 0.15) is 0 Å². The molecule has 1 atom stereocenters. The van der Waals surface area contributed by atoms with Gasteiger partial charge in [0, 0.05) is 19.0 Å². The third kappa shape index (κ3) is 32.1. The summed E-state index contributed by atoms with van der Waals surface area (Å²) >= 11 is 1.90. The van der Waals surface area contributed by atoms with Crippen LogP contribution in [0, 0.1) is 0 Å². The van der Waals surface area contributed by atoms with Crippen molar-refractivity contribution >= 4 is 11.8 Å². The first-order valence-corrected chi connectivity index (χ1v) is 17.9. The molecule has 0 aromatic rings. The Morgan fingerprint density at radius 1 is 0.514 bits per heavy atom. The maximum Gasteiger partial charge on any atom is 0.0901 e. The number of rotatable bonds is 32. The second-order valence-corrected chi connectivity index (χ2v) is 12.1. The molecule has 0 heterocycles. The highest BCUT2D eigenvalue weighted by Crippen LogP contribution is 2.14. The number of thioether (sulfide) groups is 1. The molecular formula is C34H68O2S. The van der Waals surface area contributed by atoms with E-state index in [1.54, 1.807) is 0 Å². The molecule has 0 saturated heterocycles. The molecule has 0 fully saturated rings. The Labute approximate surface area is 238 Å². The Kier molecular flexibility index (Phi) is 34.0. The molecule has 0 aromatic heterocycles. The summed E-state index contributed by atoms with van der Waals surface area (Å²) in [5.41, 5.74) is 0. The van der Waals surface area contributed by atoms with Gasteiger partial charge in [0.15, 0.2) is 0 Å². The summed E-state index contributed by atoms with van der Waals surface area (Å²) < 4.78 is 12.3. The first-order valence-electron chi connectivity index (χ1n) is 16.8. The van der Waals surface area contributed by atoms with Crippen LogP contribution in [0.3, 0.4) is 0 Å². The van der Waals surface area contributed by atoms with Gasteiger partial charge < -0.3 is 9.47 Å². The predicted molar refractivity (Wildman–Crippen MR) is 170 cm³/mol. The van der Waals surface area contributed by atoms with E-state index in [0.717, 1.165) is 25.6 Å². The third-order valence-corrected chi connectivity index (χ3v) is 8.20. The van der Waals surface area contributed by atoms with Crippen molar-refractivity contribution in [3.05, 3.63) is 11.5 Å². The van der Waals surface area contributed by atoms with Crippen LogP contribution in [0.25, 0.3) is 0 Å². The summed E-state index contributed by atoms with van der Waals surface area (Å²) in [4.78, 5) is 0. The van der Waals surface area contributed by atoms with Gasteiger partial charge in [-0.05, 0) is 31.1 Å². The van der Waals surface area contributed by atoms with E-state index in [4.69, 9.17) is 9.47 Å². The van der Waals surface area contributed by atoms with Crippen molar-refractivity contribution in [3.63, 3.8) is 0 Å². The Hall–Kier alpha value is 0.01000. The molecule has 1 unspecified atom stereocenters. The third-order valence-electron chi connectivity index (χ3n) is 7.25. The minimum Gasteiger partial charge on any atom is -0.379 e. The smallest absolute Gasteiger partial charge is 0.0901 e. The highest BCUT2D eigenvalue weighted by atomic mass is 32.2. The zero-order valence-electron chi connectivity index (χ0n) is 25.8. The molecule has 222 valence electrons. The second-order valence-electron chi connectivity index (χ2n) is 11.1. The van der Waals surface area contributed by atoms with E-state index in [1.165, 1.54) is 154 Å². The molecule has 0 aliphatic carbocycles. The van der Waals surface area contributed by atoms with Crippen LogP contribution >= 0.6 is 11.8 Å². The average molecular weight is 541 g/mol. The lowest BCUT2D eigenvalue weighted by Crippen LogP contribution is -2.23. The van der Waals surface area contributed by atoms with Crippen molar-refractivity contribution in [1.29, 1.82) is 0 Å². The molecule has 0 radical (unpaired) electrons. The standard InChI is InChI=1S/C34H68O2S/c1-4-7-10-13-15-17-19-21-23-26-29-35-32-34(33-37-31-28-25-12-9-6-3)36-30-27-24-22-20-18-16-14-11-8-5-2/h28,31,34H,4-27,29-30,32-33H2,1-3H3/b31-28+. The zero-order chi connectivity index (χ0) is 26.9. The van der Waals surface area contributed by atoms with Crippen molar-refractivity contribution in [1.82, 2.24) is 0 Å². The molecule has 0 spiro atoms. The van der Waals surface area contributed by atoms with Gasteiger partial charge in [0.2, 0.25) is 0 Å². The summed E-state index contributed by atoms with van der Waals surface area (Å²) in [6.45, 7) is 9.40. The molecule has 0 rings (SSSR count). The maximum atomic E-state index is 6.28. The largest absolute Gasteiger partial charge is 0.379 e. The van der Waals surface area contributed by atoms with Gasteiger partial charge >= 0.3 is 0 Å². The lowest BCUT2D eigenvalue weighted by molar-refractivity contribution is -0.00616. The first-order chi connectivity index (χ1) is 18.3. The predicted octanol–water partition coefficient (Wildman–Crippen LogP) is 12.1. The van der Waals surface area contributed by atoms with Gasteiger partial charge in [-0.1, -0.05) is 155 Å². The van der Waals surface area contributed by atoms with Crippen LogP contribution in [0.2, 0.25) is 0 Å². The molecule has 0 aliphatic rings. The summed E-state index contributed by atoms with van der Waals surface area (Å²) in [5, 5.41) is 2.29. The Morgan fingerprint density at radius 2 is 0.946 bits per heavy atom. The fourth-order valence-electron chi connectivity index (χ4n) is 4.70. The Morgan fingerprint density at radius 3 is 1.46 bits per heavy atom. The Bertz CT molecular complexity index is 426. The van der Waals surface area contributed by atoms with E-state index in [9.17, 15) is 0 Å². The number of hydrogen-bond donors (Lipinski definition) is 0. The molecule has 3 heteroatoms. The van der Waals surface area contributed by atoms with E-state index in [1.807, 2.05) is 11.8 Å². The molecule has 37 heavy (non-hydrogen) atoms. The molecule has 0 N–H and O–H groups in total. The van der Waals surface area contributed by atoms with Gasteiger partial charge in [-0.3, -0.25) is 0 Å². The van der Waals surface area contributed by atoms with E-state index in [0.29, 0.717) is 0 Å². The quantitative estimate of drug-likeness (QED) is 0.0790. The fourth-order valence-corrected chi connectivity index (χ4v) is 5.49. The fraction of sp³-hybridized carbons (Fsp3) is 0.941. The van der Waals surface area contributed by atoms with Gasteiger partial charge in [0.25, 0.3) is 0 Å². The van der Waals surface area contributed by atoms with Crippen molar-refractivity contribution in [3.8, 4) is 0 Å². The van der Waals surface area contributed by atoms with Crippen molar-refractivity contribution in [2.45, 2.75) is 181 Å². The summed E-state index contributed by atoms with van der Waals surface area (Å²) in [5.74, 6) is 1.01. The van der Waals surface area contributed by atoms with Crippen molar-refractivity contribution in [2.24, 2.45) is 0 Å². The molecule has 2 nitrogen and oxygen atoms in total. The van der Waals surface area contributed by atoms with Crippen LogP contribution in [-0.4, -0.2) is 31.7 Å². The summed E-state index contributed by atoms with van der Waals surface area (Å²) in [7, 11) is 0. The number of allylic oxidation sites excluding steroid dienone is 1. The van der Waals surface area contributed by atoms with Crippen LogP contribution < -0.4 is 0 Å². The zero-order valence-corrected chi connectivity index (χ0v) is 26.6. The minimum absolute atomic E-state index is 0.229. The molecule has 0 amide bonds. The normalized spacial score (nSPS) is 12.6. The lowest BCUT2D eigenvalue weighted by Gasteiger charge is -2.17. The molecule has 0 bridgehead atoms. The van der Waals surface area contributed by atoms with E-state index < -0.39 is 0 Å². The van der Waals surface area contributed by atoms with Crippen LogP contribution in [0.1, 0.15) is 175 Å². The van der Waals surface area contributed by atoms with E-state index in [-0.39, 0.29) is 6.10 Å². The topological polar surface area (TPSA) is 18.5 Å². The van der Waals surface area contributed by atoms with Crippen molar-refractivity contribution < 1.29 is 9.47 Å². The second kappa shape index (κ2) is 34.0. The van der Waals surface area contributed by atoms with Crippen LogP contribution in [0.5, 0.6) is 0 Å². The summed E-state index contributed by atoms with van der Waals surface area (Å²) in [6, 6.07) is 0. The Balaban J connectivity index is 3.86. The van der Waals surface area contributed by atoms with Gasteiger partial charge in [-0.2, -0.15) is 0 Å². The van der Waals surface area contributed by atoms with Gasteiger partial charge in [-0.15, -0.1) is 11.8 Å². The molecule has 0 saturated carbocycles. The highest BCUT2D eigenvalue weighted by Gasteiger charge is 2.09. The van der Waals surface area contributed by atoms with Crippen LogP contribution in [-0.2, 0) is 9.47 Å². The lowest BCUT2D eigenvalue weighted by atomic mass is 10.1. The monoisotopic (exact) mass is 540 g/mol. The van der Waals surface area contributed by atoms with Gasteiger partial charge in [-0.25, -0.2) is 0 Å². The maximum absolute atomic E-state index is 6.28. The number of hydrogen-bond acceptors (Lipinski definition) is 3. The average Bonchev–Trinajstić information content (AvgIpc) is 2.91. The van der Waals surface area contributed by atoms with Crippen LogP contribution in [0.4, 0.5) is 0 Å². The van der Waals surface area contributed by atoms with E-state index >= 15 is 0 Å². The van der Waals surface area contributed by atoms with Crippen LogP contribution in [0.15, 0.2) is 11.5 Å². The van der Waals surface area contributed by atoms with Gasteiger partial charge in [0.05, 0.1) is 12.7 Å². The van der Waals surface area contributed by atoms with Crippen molar-refractivity contribution in [2.75, 3.05) is 25.6 Å². The highest BCUT2D eigenvalue weighted by molar-refractivity contribution is 8.02. The van der Waals surface area contributed by atoms with E-state index in [2.05, 4.69) is 32.3 Å².